The van der Waals surface area contributed by atoms with Crippen molar-refractivity contribution >= 4 is 5.69 Å². The summed E-state index contributed by atoms with van der Waals surface area (Å²) in [6, 6.07) is 2.08. The lowest BCUT2D eigenvalue weighted by molar-refractivity contribution is 0.599. The van der Waals surface area contributed by atoms with E-state index in [1.807, 2.05) is 6.92 Å². The lowest BCUT2D eigenvalue weighted by Crippen LogP contribution is -2.04. The molecule has 0 radical (unpaired) electrons. The van der Waals surface area contributed by atoms with Crippen LogP contribution in [-0.4, -0.2) is 9.78 Å². The molecular weight excluding hydrogens is 152 g/mol. The van der Waals surface area contributed by atoms with Gasteiger partial charge in [-0.3, -0.25) is 4.68 Å². The molecule has 0 aliphatic heterocycles. The molecule has 0 saturated heterocycles. The van der Waals surface area contributed by atoms with Crippen LogP contribution >= 0.6 is 0 Å². The third-order valence-corrected chi connectivity index (χ3v) is 1.75. The average Bonchev–Trinajstić information content (AvgIpc) is 2.43. The van der Waals surface area contributed by atoms with Crippen molar-refractivity contribution in [2.75, 3.05) is 5.73 Å². The zero-order chi connectivity index (χ0) is 8.97. The van der Waals surface area contributed by atoms with E-state index in [1.165, 1.54) is 0 Å². The maximum atomic E-state index is 8.38. The van der Waals surface area contributed by atoms with Crippen molar-refractivity contribution in [3.63, 3.8) is 0 Å². The average molecular weight is 164 g/mol. The van der Waals surface area contributed by atoms with Gasteiger partial charge in [-0.05, 0) is 6.42 Å². The molecule has 1 aromatic heterocycles. The van der Waals surface area contributed by atoms with Gasteiger partial charge in [0.15, 0.2) is 0 Å². The maximum absolute atomic E-state index is 8.38. The molecule has 1 heterocycles. The lowest BCUT2D eigenvalue weighted by atomic mass is 10.3. The second-order valence-corrected chi connectivity index (χ2v) is 2.53. The fourth-order valence-corrected chi connectivity index (χ4v) is 1.16. The highest BCUT2D eigenvalue weighted by Crippen LogP contribution is 2.11. The van der Waals surface area contributed by atoms with Crippen LogP contribution in [0.1, 0.15) is 19.0 Å². The maximum Gasteiger partial charge on any atom is 0.0732 e. The Hall–Kier alpha value is -1.50. The molecule has 64 valence electrons. The van der Waals surface area contributed by atoms with Gasteiger partial charge in [0.1, 0.15) is 0 Å². The zero-order valence-electron chi connectivity index (χ0n) is 7.12. The molecule has 0 bridgehead atoms. The second-order valence-electron chi connectivity index (χ2n) is 2.53. The van der Waals surface area contributed by atoms with Crippen molar-refractivity contribution in [2.45, 2.75) is 26.3 Å². The number of nitrogen functional groups attached to an aromatic ring is 1. The number of hydrogen-bond acceptors (Lipinski definition) is 3. The van der Waals surface area contributed by atoms with Crippen LogP contribution in [0.25, 0.3) is 0 Å². The summed E-state index contributed by atoms with van der Waals surface area (Å²) in [5, 5.41) is 12.4. The Bertz CT molecular complexity index is 294. The van der Waals surface area contributed by atoms with Crippen LogP contribution in [0.15, 0.2) is 6.20 Å². The molecule has 1 rings (SSSR count). The third kappa shape index (κ3) is 1.56. The van der Waals surface area contributed by atoms with Crippen molar-refractivity contribution in [2.24, 2.45) is 0 Å². The van der Waals surface area contributed by atoms with Gasteiger partial charge in [0, 0.05) is 0 Å². The van der Waals surface area contributed by atoms with Gasteiger partial charge in [0.25, 0.3) is 0 Å². The first kappa shape index (κ1) is 8.60. The lowest BCUT2D eigenvalue weighted by Gasteiger charge is -2.02. The van der Waals surface area contributed by atoms with Gasteiger partial charge in [-0.15, -0.1) is 0 Å². The Kier molecular flexibility index (Phi) is 2.70. The molecule has 0 aliphatic carbocycles. The Morgan fingerprint density at radius 2 is 2.50 bits per heavy atom. The Balaban J connectivity index is 2.78. The van der Waals surface area contributed by atoms with Crippen molar-refractivity contribution in [3.05, 3.63) is 11.9 Å². The number of anilines is 1. The van der Waals surface area contributed by atoms with Gasteiger partial charge in [0.2, 0.25) is 0 Å². The Morgan fingerprint density at radius 1 is 1.75 bits per heavy atom. The highest BCUT2D eigenvalue weighted by molar-refractivity contribution is 5.40. The summed E-state index contributed by atoms with van der Waals surface area (Å²) in [4.78, 5) is 0. The van der Waals surface area contributed by atoms with Crippen LogP contribution in [0.4, 0.5) is 5.69 Å². The quantitative estimate of drug-likeness (QED) is 0.722. The van der Waals surface area contributed by atoms with Gasteiger partial charge in [0.05, 0.1) is 36.6 Å². The zero-order valence-corrected chi connectivity index (χ0v) is 7.12. The molecule has 0 fully saturated rings. The Labute approximate surface area is 71.6 Å². The molecule has 12 heavy (non-hydrogen) atoms. The number of nitrogens with zero attached hydrogens (tertiary/aromatic N) is 3. The number of rotatable bonds is 3. The van der Waals surface area contributed by atoms with E-state index in [1.54, 1.807) is 10.9 Å². The van der Waals surface area contributed by atoms with Crippen LogP contribution in [0, 0.1) is 11.3 Å². The largest absolute Gasteiger partial charge is 0.396 e. The number of nitrogens with two attached hydrogens (primary N) is 1. The fraction of sp³-hybridized carbons (Fsp3) is 0.500. The van der Waals surface area contributed by atoms with Crippen molar-refractivity contribution in [3.8, 4) is 6.07 Å². The molecule has 0 amide bonds. The third-order valence-electron chi connectivity index (χ3n) is 1.75. The van der Waals surface area contributed by atoms with Crippen LogP contribution in [0.3, 0.4) is 0 Å². The molecule has 0 spiro atoms. The molecular formula is C8H12N4. The first-order chi connectivity index (χ1) is 5.79. The van der Waals surface area contributed by atoms with Gasteiger partial charge < -0.3 is 5.73 Å². The first-order valence-corrected chi connectivity index (χ1v) is 3.96. The topological polar surface area (TPSA) is 67.6 Å². The van der Waals surface area contributed by atoms with Gasteiger partial charge in [-0.2, -0.15) is 10.4 Å². The molecule has 0 aromatic carbocycles. The minimum atomic E-state index is 0.480. The van der Waals surface area contributed by atoms with E-state index in [-0.39, 0.29) is 0 Å². The summed E-state index contributed by atoms with van der Waals surface area (Å²) in [7, 11) is 0. The summed E-state index contributed by atoms with van der Waals surface area (Å²) < 4.78 is 1.79. The molecule has 0 atom stereocenters. The standard InChI is InChI=1S/C8H12N4/c1-2-8-7(10)6-11-12(8)5-3-4-9/h6H,2-3,5,10H2,1H3. The summed E-state index contributed by atoms with van der Waals surface area (Å²) in [5.41, 5.74) is 7.39. The minimum Gasteiger partial charge on any atom is -0.396 e. The molecule has 1 aromatic rings. The minimum absolute atomic E-state index is 0.480. The number of aryl methyl sites for hydroxylation is 1. The van der Waals surface area contributed by atoms with Crippen molar-refractivity contribution in [1.82, 2.24) is 9.78 Å². The van der Waals surface area contributed by atoms with Crippen LogP contribution in [-0.2, 0) is 13.0 Å². The molecule has 2 N–H and O–H groups in total. The Morgan fingerprint density at radius 3 is 3.08 bits per heavy atom. The predicted molar refractivity (Wildman–Crippen MR) is 46.2 cm³/mol. The van der Waals surface area contributed by atoms with Crippen LogP contribution in [0.5, 0.6) is 0 Å². The van der Waals surface area contributed by atoms with E-state index < -0.39 is 0 Å². The van der Waals surface area contributed by atoms with Gasteiger partial charge in [-0.25, -0.2) is 0 Å². The van der Waals surface area contributed by atoms with E-state index in [2.05, 4.69) is 11.2 Å². The highest BCUT2D eigenvalue weighted by atomic mass is 15.3. The van der Waals surface area contributed by atoms with E-state index in [0.717, 1.165) is 17.8 Å². The summed E-state index contributed by atoms with van der Waals surface area (Å²) >= 11 is 0. The molecule has 0 unspecified atom stereocenters. The van der Waals surface area contributed by atoms with Crippen molar-refractivity contribution in [1.29, 1.82) is 5.26 Å². The summed E-state index contributed by atoms with van der Waals surface area (Å²) in [5.74, 6) is 0. The smallest absolute Gasteiger partial charge is 0.0732 e. The summed E-state index contributed by atoms with van der Waals surface area (Å²) in [6.07, 6.45) is 2.97. The first-order valence-electron chi connectivity index (χ1n) is 3.96. The molecule has 0 saturated carbocycles. The molecule has 0 aliphatic rings. The van der Waals surface area contributed by atoms with Gasteiger partial charge in [-0.1, -0.05) is 6.92 Å². The molecule has 4 heteroatoms. The van der Waals surface area contributed by atoms with E-state index in [0.29, 0.717) is 13.0 Å². The number of aromatic nitrogens is 2. The van der Waals surface area contributed by atoms with E-state index >= 15 is 0 Å². The predicted octanol–water partition coefficient (Wildman–Crippen LogP) is 0.941. The molecule has 4 nitrogen and oxygen atoms in total. The SMILES string of the molecule is CCc1c(N)cnn1CCC#N. The highest BCUT2D eigenvalue weighted by Gasteiger charge is 2.04. The van der Waals surface area contributed by atoms with E-state index in [4.69, 9.17) is 11.0 Å². The summed E-state index contributed by atoms with van der Waals surface area (Å²) in [6.45, 7) is 2.66. The number of nitriles is 1. The second kappa shape index (κ2) is 3.77. The van der Waals surface area contributed by atoms with Crippen LogP contribution < -0.4 is 5.73 Å². The fourth-order valence-electron chi connectivity index (χ4n) is 1.16. The number of hydrogen-bond donors (Lipinski definition) is 1. The van der Waals surface area contributed by atoms with Crippen molar-refractivity contribution < 1.29 is 0 Å². The monoisotopic (exact) mass is 164 g/mol. The van der Waals surface area contributed by atoms with Gasteiger partial charge >= 0.3 is 0 Å². The normalized spacial score (nSPS) is 9.67. The van der Waals surface area contributed by atoms with E-state index in [9.17, 15) is 0 Å². The van der Waals surface area contributed by atoms with Crippen LogP contribution in [0.2, 0.25) is 0 Å².